The van der Waals surface area contributed by atoms with E-state index in [4.69, 9.17) is 9.47 Å². The molecule has 1 spiro atoms. The molecule has 0 N–H and O–H groups in total. The molecule has 3 rings (SSSR count). The fourth-order valence-corrected chi connectivity index (χ4v) is 4.42. The number of carbonyl (C=O) groups excluding carboxylic acids is 1. The molecular formula is C19H33NO3. The highest BCUT2D eigenvalue weighted by molar-refractivity contribution is 5.79. The summed E-state index contributed by atoms with van der Waals surface area (Å²) in [6, 6.07) is 0. The second kappa shape index (κ2) is 7.98. The normalized spacial score (nSPS) is 31.3. The Balaban J connectivity index is 1.43. The SMILES string of the molecule is CCCCC1CCC(C(=O)N2CCC3(CC2)OCCCO3)CC1. The van der Waals surface area contributed by atoms with E-state index in [1.54, 1.807) is 0 Å². The standard InChI is InChI=1S/C19H33NO3/c1-2-3-5-16-6-8-17(9-7-16)18(21)20-12-10-19(11-13-20)22-14-4-15-23-19/h16-17H,2-15H2,1H3. The summed E-state index contributed by atoms with van der Waals surface area (Å²) >= 11 is 0. The van der Waals surface area contributed by atoms with Gasteiger partial charge in [0.1, 0.15) is 0 Å². The fraction of sp³-hybridized carbons (Fsp3) is 0.947. The molecule has 3 aliphatic rings. The number of hydrogen-bond donors (Lipinski definition) is 0. The van der Waals surface area contributed by atoms with Crippen LogP contribution in [0, 0.1) is 11.8 Å². The predicted molar refractivity (Wildman–Crippen MR) is 90.0 cm³/mol. The molecule has 1 aliphatic carbocycles. The van der Waals surface area contributed by atoms with Crippen LogP contribution in [-0.4, -0.2) is 42.9 Å². The van der Waals surface area contributed by atoms with Crippen molar-refractivity contribution in [2.75, 3.05) is 26.3 Å². The maximum atomic E-state index is 12.8. The minimum Gasteiger partial charge on any atom is -0.350 e. The minimum absolute atomic E-state index is 0.273. The topological polar surface area (TPSA) is 38.8 Å². The number of likely N-dealkylation sites (tertiary alicyclic amines) is 1. The van der Waals surface area contributed by atoms with E-state index in [1.165, 1.54) is 32.1 Å². The van der Waals surface area contributed by atoms with Gasteiger partial charge in [0.15, 0.2) is 5.79 Å². The molecule has 0 aromatic heterocycles. The number of nitrogens with zero attached hydrogens (tertiary/aromatic N) is 1. The highest BCUT2D eigenvalue weighted by atomic mass is 16.7. The van der Waals surface area contributed by atoms with Gasteiger partial charge in [-0.15, -0.1) is 0 Å². The van der Waals surface area contributed by atoms with Gasteiger partial charge in [0.2, 0.25) is 5.91 Å². The Morgan fingerprint density at radius 1 is 1.09 bits per heavy atom. The molecular weight excluding hydrogens is 290 g/mol. The lowest BCUT2D eigenvalue weighted by atomic mass is 9.79. The highest BCUT2D eigenvalue weighted by Gasteiger charge is 2.40. The molecule has 4 heteroatoms. The second-order valence-corrected chi connectivity index (χ2v) is 7.65. The number of rotatable bonds is 4. The average Bonchev–Trinajstić information content (AvgIpc) is 2.61. The van der Waals surface area contributed by atoms with Crippen LogP contribution < -0.4 is 0 Å². The zero-order chi connectivity index (χ0) is 16.1. The monoisotopic (exact) mass is 323 g/mol. The first-order valence-corrected chi connectivity index (χ1v) is 9.79. The van der Waals surface area contributed by atoms with E-state index in [0.29, 0.717) is 5.91 Å². The maximum absolute atomic E-state index is 12.8. The van der Waals surface area contributed by atoms with Crippen molar-refractivity contribution < 1.29 is 14.3 Å². The van der Waals surface area contributed by atoms with E-state index in [0.717, 1.165) is 64.3 Å². The molecule has 23 heavy (non-hydrogen) atoms. The van der Waals surface area contributed by atoms with Gasteiger partial charge in [-0.2, -0.15) is 0 Å². The average molecular weight is 323 g/mol. The lowest BCUT2D eigenvalue weighted by Gasteiger charge is -2.44. The van der Waals surface area contributed by atoms with Crippen LogP contribution in [0.4, 0.5) is 0 Å². The van der Waals surface area contributed by atoms with Gasteiger partial charge in [0.25, 0.3) is 0 Å². The van der Waals surface area contributed by atoms with Gasteiger partial charge in [-0.3, -0.25) is 4.79 Å². The third-order valence-corrected chi connectivity index (χ3v) is 6.02. The van der Waals surface area contributed by atoms with E-state index >= 15 is 0 Å². The van der Waals surface area contributed by atoms with E-state index in [9.17, 15) is 4.79 Å². The first-order valence-electron chi connectivity index (χ1n) is 9.79. The van der Waals surface area contributed by atoms with Crippen molar-refractivity contribution in [1.82, 2.24) is 4.90 Å². The van der Waals surface area contributed by atoms with E-state index in [-0.39, 0.29) is 11.7 Å². The largest absolute Gasteiger partial charge is 0.350 e. The van der Waals surface area contributed by atoms with Crippen molar-refractivity contribution in [3.05, 3.63) is 0 Å². The van der Waals surface area contributed by atoms with Gasteiger partial charge in [-0.25, -0.2) is 0 Å². The number of hydrogen-bond acceptors (Lipinski definition) is 3. The molecule has 0 aromatic carbocycles. The van der Waals surface area contributed by atoms with Crippen LogP contribution in [0.3, 0.4) is 0 Å². The van der Waals surface area contributed by atoms with Crippen LogP contribution in [0.15, 0.2) is 0 Å². The van der Waals surface area contributed by atoms with Crippen LogP contribution in [0.25, 0.3) is 0 Å². The summed E-state index contributed by atoms with van der Waals surface area (Å²) in [5.41, 5.74) is 0. The van der Waals surface area contributed by atoms with Crippen molar-refractivity contribution >= 4 is 5.91 Å². The molecule has 3 fully saturated rings. The zero-order valence-corrected chi connectivity index (χ0v) is 14.7. The fourth-order valence-electron chi connectivity index (χ4n) is 4.42. The third kappa shape index (κ3) is 4.27. The molecule has 0 bridgehead atoms. The van der Waals surface area contributed by atoms with E-state index in [2.05, 4.69) is 11.8 Å². The quantitative estimate of drug-likeness (QED) is 0.791. The second-order valence-electron chi connectivity index (χ2n) is 7.65. The van der Waals surface area contributed by atoms with Crippen molar-refractivity contribution in [2.45, 2.75) is 76.9 Å². The van der Waals surface area contributed by atoms with Gasteiger partial charge in [0, 0.05) is 31.8 Å². The molecule has 0 radical (unpaired) electrons. The van der Waals surface area contributed by atoms with Gasteiger partial charge >= 0.3 is 0 Å². The smallest absolute Gasteiger partial charge is 0.225 e. The molecule has 2 heterocycles. The van der Waals surface area contributed by atoms with E-state index < -0.39 is 0 Å². The molecule has 0 aromatic rings. The number of ether oxygens (including phenoxy) is 2. The van der Waals surface area contributed by atoms with Crippen LogP contribution >= 0.6 is 0 Å². The Labute approximate surface area is 140 Å². The Morgan fingerprint density at radius 3 is 2.35 bits per heavy atom. The summed E-state index contributed by atoms with van der Waals surface area (Å²) in [5.74, 6) is 1.15. The van der Waals surface area contributed by atoms with Crippen molar-refractivity contribution in [2.24, 2.45) is 11.8 Å². The van der Waals surface area contributed by atoms with Crippen LogP contribution in [0.1, 0.15) is 71.1 Å². The molecule has 1 amide bonds. The summed E-state index contributed by atoms with van der Waals surface area (Å²) in [5, 5.41) is 0. The zero-order valence-electron chi connectivity index (χ0n) is 14.7. The summed E-state index contributed by atoms with van der Waals surface area (Å²) in [7, 11) is 0. The number of carbonyl (C=O) groups is 1. The highest BCUT2D eigenvalue weighted by Crippen LogP contribution is 2.35. The van der Waals surface area contributed by atoms with Crippen LogP contribution in [-0.2, 0) is 14.3 Å². The number of piperidine rings is 1. The summed E-state index contributed by atoms with van der Waals surface area (Å²) in [4.78, 5) is 14.9. The molecule has 2 aliphatic heterocycles. The van der Waals surface area contributed by atoms with Gasteiger partial charge in [-0.05, 0) is 38.0 Å². The predicted octanol–water partition coefficient (Wildman–Crippen LogP) is 3.74. The Bertz CT molecular complexity index is 374. The lowest BCUT2D eigenvalue weighted by molar-refractivity contribution is -0.283. The summed E-state index contributed by atoms with van der Waals surface area (Å²) in [6.07, 6.45) is 11.4. The van der Waals surface area contributed by atoms with Gasteiger partial charge < -0.3 is 14.4 Å². The van der Waals surface area contributed by atoms with Crippen molar-refractivity contribution in [3.8, 4) is 0 Å². The summed E-state index contributed by atoms with van der Waals surface area (Å²) in [6.45, 7) is 5.46. The third-order valence-electron chi connectivity index (χ3n) is 6.02. The summed E-state index contributed by atoms with van der Waals surface area (Å²) < 4.78 is 11.7. The Hall–Kier alpha value is -0.610. The number of amides is 1. The first-order chi connectivity index (χ1) is 11.2. The van der Waals surface area contributed by atoms with Crippen molar-refractivity contribution in [3.63, 3.8) is 0 Å². The maximum Gasteiger partial charge on any atom is 0.225 e. The number of unbranched alkanes of at least 4 members (excludes halogenated alkanes) is 1. The Morgan fingerprint density at radius 2 is 1.74 bits per heavy atom. The molecule has 1 saturated carbocycles. The molecule has 132 valence electrons. The minimum atomic E-state index is -0.382. The van der Waals surface area contributed by atoms with Crippen LogP contribution in [0.5, 0.6) is 0 Å². The van der Waals surface area contributed by atoms with Gasteiger partial charge in [0.05, 0.1) is 13.2 Å². The molecule has 0 atom stereocenters. The first kappa shape index (κ1) is 17.2. The lowest BCUT2D eigenvalue weighted by Crippen LogP contribution is -2.52. The van der Waals surface area contributed by atoms with Gasteiger partial charge in [-0.1, -0.05) is 26.2 Å². The Kier molecular flexibility index (Phi) is 5.97. The van der Waals surface area contributed by atoms with E-state index in [1.807, 2.05) is 0 Å². The molecule has 0 unspecified atom stereocenters. The van der Waals surface area contributed by atoms with Crippen molar-refractivity contribution in [1.29, 1.82) is 0 Å². The van der Waals surface area contributed by atoms with Crippen LogP contribution in [0.2, 0.25) is 0 Å². The molecule has 2 saturated heterocycles. The molecule has 4 nitrogen and oxygen atoms in total.